The topological polar surface area (TPSA) is 327 Å². The van der Waals surface area contributed by atoms with Crippen LogP contribution in [0.15, 0.2) is 12.2 Å². The summed E-state index contributed by atoms with van der Waals surface area (Å²) in [5.41, 5.74) is 0. The molecule has 0 saturated carbocycles. The van der Waals surface area contributed by atoms with Gasteiger partial charge in [-0.15, -0.1) is 0 Å². The van der Waals surface area contributed by atoms with Crippen LogP contribution in [-0.4, -0.2) is 283 Å². The minimum atomic E-state index is -1.66. The number of amides is 12. The summed E-state index contributed by atoms with van der Waals surface area (Å²) >= 11 is 0. The van der Waals surface area contributed by atoms with Crippen molar-refractivity contribution < 1.29 is 76.9 Å². The fraction of sp³-hybridized carbons (Fsp3) is 0.797. The number of allylic oxidation sites excluding steroid dienone is 2. The van der Waals surface area contributed by atoms with Gasteiger partial charge in [0.1, 0.15) is 60.4 Å². The summed E-state index contributed by atoms with van der Waals surface area (Å²) in [7, 11) is 9.72. The third-order valence-electron chi connectivity index (χ3n) is 18.2. The van der Waals surface area contributed by atoms with Gasteiger partial charge in [-0.2, -0.15) is 0 Å². The number of hydrogen-bond acceptors (Lipinski definition) is 16. The van der Waals surface area contributed by atoms with Crippen LogP contribution in [-0.2, 0) is 67.0 Å². The van der Waals surface area contributed by atoms with E-state index in [4.69, 9.17) is 14.2 Å². The first kappa shape index (κ1) is 86.1. The van der Waals surface area contributed by atoms with Crippen molar-refractivity contribution >= 4 is 71.1 Å². The van der Waals surface area contributed by atoms with E-state index >= 15 is 14.4 Å². The molecular weight excluding hydrogens is 1250 g/mol. The molecule has 13 atom stereocenters. The maximum Gasteiger partial charge on any atom is 0.409 e. The average molecular weight is 1380 g/mol. The third kappa shape index (κ3) is 25.1. The summed E-state index contributed by atoms with van der Waals surface area (Å²) in [6, 6.07) is -13.1. The van der Waals surface area contributed by atoms with Crippen LogP contribution in [0.4, 0.5) is 4.79 Å². The largest absolute Gasteiger partial charge is 0.449 e. The van der Waals surface area contributed by atoms with Crippen molar-refractivity contribution in [1.29, 1.82) is 0 Å². The average Bonchev–Trinajstić information content (AvgIpc) is 0.816. The lowest BCUT2D eigenvalue weighted by atomic mass is 9.91. The second-order valence-electron chi connectivity index (χ2n) is 28.4. The minimum Gasteiger partial charge on any atom is -0.449 e. The van der Waals surface area contributed by atoms with E-state index in [9.17, 15) is 48.3 Å². The highest BCUT2D eigenvalue weighted by atomic mass is 16.6. The summed E-state index contributed by atoms with van der Waals surface area (Å²) in [5, 5.41) is 23.1. The molecule has 28 heteroatoms. The van der Waals surface area contributed by atoms with Gasteiger partial charge < -0.3 is 79.8 Å². The van der Waals surface area contributed by atoms with Crippen LogP contribution in [0.25, 0.3) is 0 Å². The van der Waals surface area contributed by atoms with Crippen LogP contribution < -0.4 is 21.3 Å². The lowest BCUT2D eigenvalue weighted by Gasteiger charge is -2.41. The Morgan fingerprint density at radius 1 is 0.546 bits per heavy atom. The Morgan fingerprint density at radius 2 is 1.03 bits per heavy atom. The summed E-state index contributed by atoms with van der Waals surface area (Å²) in [5.74, 6) is -10.4. The molecule has 28 nitrogen and oxygen atoms in total. The van der Waals surface area contributed by atoms with E-state index in [1.165, 1.54) is 82.8 Å². The number of morpholine rings is 1. The number of hydrogen-bond donors (Lipinski definition) is 5. The van der Waals surface area contributed by atoms with Gasteiger partial charge in [-0.1, -0.05) is 95.2 Å². The lowest BCUT2D eigenvalue weighted by molar-refractivity contribution is -0.157. The number of carbonyl (C=O) groups excluding carboxylic acids is 12. The maximum atomic E-state index is 15.3. The third-order valence-corrected chi connectivity index (χ3v) is 18.2. The monoisotopic (exact) mass is 1370 g/mol. The van der Waals surface area contributed by atoms with Crippen LogP contribution in [0, 0.1) is 35.5 Å². The van der Waals surface area contributed by atoms with Crippen LogP contribution in [0.3, 0.4) is 0 Å². The van der Waals surface area contributed by atoms with Crippen molar-refractivity contribution in [2.45, 2.75) is 228 Å². The zero-order valence-electron chi connectivity index (χ0n) is 62.6. The quantitative estimate of drug-likeness (QED) is 0.0864. The smallest absolute Gasteiger partial charge is 0.409 e. The molecule has 0 aromatic rings. The number of rotatable bonds is 20. The van der Waals surface area contributed by atoms with Crippen LogP contribution in [0.5, 0.6) is 0 Å². The van der Waals surface area contributed by atoms with E-state index in [0.29, 0.717) is 39.1 Å². The summed E-state index contributed by atoms with van der Waals surface area (Å²) in [6.07, 6.45) is 1.85. The summed E-state index contributed by atoms with van der Waals surface area (Å²) < 4.78 is 17.0. The van der Waals surface area contributed by atoms with Crippen molar-refractivity contribution in [3.63, 3.8) is 0 Å². The second-order valence-corrected chi connectivity index (χ2v) is 28.4. The molecule has 0 spiro atoms. The first-order chi connectivity index (χ1) is 45.2. The van der Waals surface area contributed by atoms with Gasteiger partial charge in [0.15, 0.2) is 0 Å². The molecule has 0 aromatic heterocycles. The summed E-state index contributed by atoms with van der Waals surface area (Å²) in [4.78, 5) is 185. The Morgan fingerprint density at radius 3 is 1.55 bits per heavy atom. The Balaban J connectivity index is 2.95. The minimum absolute atomic E-state index is 0.0288. The van der Waals surface area contributed by atoms with Gasteiger partial charge >= 0.3 is 6.09 Å². The predicted molar refractivity (Wildman–Crippen MR) is 367 cm³/mol. The van der Waals surface area contributed by atoms with E-state index < -0.39 is 168 Å². The summed E-state index contributed by atoms with van der Waals surface area (Å²) in [6.45, 7) is 28.5. The molecule has 0 unspecified atom stereocenters. The number of aliphatic hydroxyl groups excluding tert-OH is 1. The molecule has 2 rings (SSSR count). The molecule has 0 radical (unpaired) electrons. The highest BCUT2D eigenvalue weighted by molar-refractivity contribution is 5.99. The molecule has 2 heterocycles. The second kappa shape index (κ2) is 40.8. The molecule has 0 aromatic carbocycles. The van der Waals surface area contributed by atoms with Gasteiger partial charge in [-0.05, 0) is 108 Å². The predicted octanol–water partition coefficient (Wildman–Crippen LogP) is 2.88. The van der Waals surface area contributed by atoms with Crippen molar-refractivity contribution in [1.82, 2.24) is 60.5 Å². The van der Waals surface area contributed by atoms with Gasteiger partial charge in [-0.3, -0.25) is 52.7 Å². The Labute approximate surface area is 577 Å². The number of carbonyl (C=O) groups is 12. The highest BCUT2D eigenvalue weighted by Gasteiger charge is 2.46. The number of unbranched alkanes of at least 4 members (excludes halogenated alkanes) is 1. The number of likely N-dealkylation sites (N-methyl/N-ethyl adjacent to an activating group) is 7. The molecule has 97 heavy (non-hydrogen) atoms. The molecule has 0 bridgehead atoms. The Hall–Kier alpha value is -6.94. The maximum absolute atomic E-state index is 15.3. The van der Waals surface area contributed by atoms with E-state index in [1.807, 2.05) is 41.5 Å². The van der Waals surface area contributed by atoms with Crippen LogP contribution in [0.1, 0.15) is 156 Å². The van der Waals surface area contributed by atoms with E-state index in [1.54, 1.807) is 72.4 Å². The van der Waals surface area contributed by atoms with Crippen LogP contribution in [0.2, 0.25) is 0 Å². The zero-order valence-corrected chi connectivity index (χ0v) is 62.6. The molecule has 2 saturated heterocycles. The van der Waals surface area contributed by atoms with Crippen molar-refractivity contribution in [3.8, 4) is 0 Å². The Bertz CT molecular complexity index is 2670. The van der Waals surface area contributed by atoms with Gasteiger partial charge in [0.25, 0.3) is 0 Å². The molecule has 0 aliphatic carbocycles. The van der Waals surface area contributed by atoms with Gasteiger partial charge in [0, 0.05) is 69.0 Å². The molecule has 2 fully saturated rings. The fourth-order valence-electron chi connectivity index (χ4n) is 12.0. The fourth-order valence-corrected chi connectivity index (χ4v) is 12.0. The zero-order chi connectivity index (χ0) is 74.2. The van der Waals surface area contributed by atoms with Gasteiger partial charge in [-0.25, -0.2) is 4.79 Å². The van der Waals surface area contributed by atoms with Crippen molar-refractivity contribution in [2.75, 3.05) is 95.4 Å². The number of nitrogens with one attached hydrogen (secondary N) is 4. The number of aliphatic hydroxyl groups is 1. The molecule has 2 aliphatic rings. The Kier molecular flexibility index (Phi) is 36.3. The standard InChI is InChI=1S/C69H122N12O16/c1-24-26-29-45(13)58(83)57-62(87)72-49(25-2)64(89)74(17)39-53(82)78(21)56(48(16)96-32-27-28-33-97-69(94)81-30-34-95-35-31-81)61(86)73-54(43(9)10)67(92)75(18)50(36-40(3)4)60(85)70-46(14)59(84)71-47(15)63(88)76(19)51(37-41(5)6)65(90)77(20)52(38-42(7)8)66(91)79(22)55(44(11)12)68(93)80(57)23/h24,26,40-52,54-58,83H,25,27-39H2,1-23H3,(H,70,85)(H,71,84)(H,72,87)(H,73,86)/b26-24+/t45-,46+,47+,48-,49+,50-,51+,52-,54+,55+,56+,57+,58-/m1/s1. The van der Waals surface area contributed by atoms with Gasteiger partial charge in [0.05, 0.1) is 38.6 Å². The van der Waals surface area contributed by atoms with E-state index in [0.717, 1.165) is 14.7 Å². The van der Waals surface area contributed by atoms with Crippen molar-refractivity contribution in [3.05, 3.63) is 12.2 Å². The first-order valence-electron chi connectivity index (χ1n) is 34.7. The number of ether oxygens (including phenoxy) is 3. The highest BCUT2D eigenvalue weighted by Crippen LogP contribution is 2.26. The SMILES string of the molecule is C/C=C/C[C@@H](C)[C@@H](O)[C@H]1C(=O)N[C@@H](CC)C(=O)N(C)CC(=O)N(C)[C@@H]([C@@H](C)OCCCCOC(=O)N2CCOCC2)C(=O)N[C@@H](C(C)C)C(=O)N(C)[C@H](CC(C)C)C(=O)N[C@@H](C)C(=O)N[C@@H](C)C(=O)N(C)[C@@H](CC(C)C)C(=O)N(C)[C@H](CC(C)C)C(=O)N(C)[C@@H](C(C)C)C(=O)N1C. The van der Waals surface area contributed by atoms with E-state index in [-0.39, 0.29) is 63.1 Å². The normalized spacial score (nSPS) is 26.2. The molecule has 2 aliphatic heterocycles. The number of nitrogens with zero attached hydrogens (tertiary/aromatic N) is 8. The van der Waals surface area contributed by atoms with Crippen molar-refractivity contribution in [2.24, 2.45) is 35.5 Å². The molecule has 554 valence electrons. The van der Waals surface area contributed by atoms with Crippen LogP contribution >= 0.6 is 0 Å². The lowest BCUT2D eigenvalue weighted by Crippen LogP contribution is -2.63. The molecule has 12 amide bonds. The molecule has 5 N–H and O–H groups in total. The van der Waals surface area contributed by atoms with E-state index in [2.05, 4.69) is 21.3 Å². The van der Waals surface area contributed by atoms with Gasteiger partial charge in [0.2, 0.25) is 65.0 Å². The molecular formula is C69H122N12O16. The first-order valence-corrected chi connectivity index (χ1v) is 34.7.